The zero-order valence-corrected chi connectivity index (χ0v) is 10.6. The number of hydrogen-bond donors (Lipinski definition) is 1. The van der Waals surface area contributed by atoms with Gasteiger partial charge in [-0.05, 0) is 24.9 Å². The highest BCUT2D eigenvalue weighted by Crippen LogP contribution is 2.15. The van der Waals surface area contributed by atoms with Gasteiger partial charge in [0, 0.05) is 13.1 Å². The molecule has 0 saturated carbocycles. The number of primary amides is 1. The minimum atomic E-state index is -0.160. The van der Waals surface area contributed by atoms with Crippen molar-refractivity contribution >= 4 is 12.0 Å². The van der Waals surface area contributed by atoms with Crippen LogP contribution in [0.5, 0.6) is 0 Å². The van der Waals surface area contributed by atoms with Crippen LogP contribution in [0.4, 0.5) is 0 Å². The smallest absolute Gasteiger partial charge is 0.221 e. The summed E-state index contributed by atoms with van der Waals surface area (Å²) >= 11 is 0. The monoisotopic (exact) mass is 244 g/mol. The van der Waals surface area contributed by atoms with Gasteiger partial charge in [0.2, 0.25) is 5.91 Å². The zero-order chi connectivity index (χ0) is 12.8. The van der Waals surface area contributed by atoms with Crippen molar-refractivity contribution in [2.75, 3.05) is 19.6 Å². The summed E-state index contributed by atoms with van der Waals surface area (Å²) in [7, 11) is 0. The van der Waals surface area contributed by atoms with Crippen molar-refractivity contribution in [2.45, 2.75) is 12.8 Å². The standard InChI is InChI=1S/C15H20N2O/c16-15(18)14-9-5-11-17(12-14)10-4-8-13-6-2-1-3-7-13/h1-4,6-8,14H,5,9-12H2,(H2,16,18)/t14-/m0/s1. The van der Waals surface area contributed by atoms with Crippen LogP contribution in [0, 0.1) is 5.92 Å². The molecule has 2 rings (SSSR count). The van der Waals surface area contributed by atoms with E-state index in [0.717, 1.165) is 32.5 Å². The van der Waals surface area contributed by atoms with Gasteiger partial charge < -0.3 is 5.73 Å². The van der Waals surface area contributed by atoms with E-state index in [-0.39, 0.29) is 11.8 Å². The molecule has 1 heterocycles. The largest absolute Gasteiger partial charge is 0.369 e. The van der Waals surface area contributed by atoms with Gasteiger partial charge in [-0.25, -0.2) is 0 Å². The van der Waals surface area contributed by atoms with Crippen molar-refractivity contribution in [1.29, 1.82) is 0 Å². The highest BCUT2D eigenvalue weighted by molar-refractivity contribution is 5.76. The molecule has 0 aromatic heterocycles. The fraction of sp³-hybridized carbons (Fsp3) is 0.400. The quantitative estimate of drug-likeness (QED) is 0.879. The van der Waals surface area contributed by atoms with Gasteiger partial charge in [-0.1, -0.05) is 42.5 Å². The molecule has 3 nitrogen and oxygen atoms in total. The van der Waals surface area contributed by atoms with Gasteiger partial charge >= 0.3 is 0 Å². The average molecular weight is 244 g/mol. The third kappa shape index (κ3) is 3.70. The lowest BCUT2D eigenvalue weighted by molar-refractivity contribution is -0.123. The van der Waals surface area contributed by atoms with Crippen molar-refractivity contribution in [1.82, 2.24) is 4.90 Å². The van der Waals surface area contributed by atoms with Crippen LogP contribution in [0.2, 0.25) is 0 Å². The first kappa shape index (κ1) is 12.8. The Kier molecular flexibility index (Phi) is 4.53. The van der Waals surface area contributed by atoms with Gasteiger partial charge in [0.05, 0.1) is 5.92 Å². The zero-order valence-electron chi connectivity index (χ0n) is 10.6. The number of rotatable bonds is 4. The van der Waals surface area contributed by atoms with Crippen LogP contribution >= 0.6 is 0 Å². The van der Waals surface area contributed by atoms with Crippen LogP contribution in [-0.2, 0) is 4.79 Å². The van der Waals surface area contributed by atoms with E-state index in [4.69, 9.17) is 5.73 Å². The number of amides is 1. The van der Waals surface area contributed by atoms with Crippen LogP contribution in [0.3, 0.4) is 0 Å². The van der Waals surface area contributed by atoms with Gasteiger partial charge in [0.25, 0.3) is 0 Å². The highest BCUT2D eigenvalue weighted by atomic mass is 16.1. The van der Waals surface area contributed by atoms with Crippen molar-refractivity contribution in [3.8, 4) is 0 Å². The van der Waals surface area contributed by atoms with E-state index in [1.54, 1.807) is 0 Å². The molecule has 1 amide bonds. The second kappa shape index (κ2) is 6.36. The number of hydrogen-bond acceptors (Lipinski definition) is 2. The lowest BCUT2D eigenvalue weighted by atomic mass is 9.97. The number of piperidine rings is 1. The molecule has 0 radical (unpaired) electrons. The molecule has 96 valence electrons. The molecule has 18 heavy (non-hydrogen) atoms. The van der Waals surface area contributed by atoms with Crippen LogP contribution in [0.15, 0.2) is 36.4 Å². The fourth-order valence-electron chi connectivity index (χ4n) is 2.36. The second-order valence-electron chi connectivity index (χ2n) is 4.81. The average Bonchev–Trinajstić information content (AvgIpc) is 2.40. The Labute approximate surface area is 108 Å². The van der Waals surface area contributed by atoms with Crippen LogP contribution in [0.25, 0.3) is 6.08 Å². The van der Waals surface area contributed by atoms with Crippen molar-refractivity contribution < 1.29 is 4.79 Å². The highest BCUT2D eigenvalue weighted by Gasteiger charge is 2.22. The van der Waals surface area contributed by atoms with E-state index in [0.29, 0.717) is 0 Å². The maximum atomic E-state index is 11.2. The first-order valence-electron chi connectivity index (χ1n) is 6.49. The summed E-state index contributed by atoms with van der Waals surface area (Å²) in [5, 5.41) is 0. The Morgan fingerprint density at radius 1 is 1.39 bits per heavy atom. The molecular formula is C15H20N2O. The van der Waals surface area contributed by atoms with Gasteiger partial charge in [-0.2, -0.15) is 0 Å². The van der Waals surface area contributed by atoms with E-state index in [9.17, 15) is 4.79 Å². The number of nitrogens with two attached hydrogens (primary N) is 1. The summed E-state index contributed by atoms with van der Waals surface area (Å²) in [4.78, 5) is 13.5. The number of nitrogens with zero attached hydrogens (tertiary/aromatic N) is 1. The van der Waals surface area contributed by atoms with E-state index in [1.807, 2.05) is 18.2 Å². The Balaban J connectivity index is 1.83. The predicted octanol–water partition coefficient (Wildman–Crippen LogP) is 1.90. The third-order valence-electron chi connectivity index (χ3n) is 3.38. The maximum Gasteiger partial charge on any atom is 0.221 e. The molecule has 1 atom stereocenters. The van der Waals surface area contributed by atoms with E-state index in [1.165, 1.54) is 5.56 Å². The topological polar surface area (TPSA) is 46.3 Å². The number of benzene rings is 1. The summed E-state index contributed by atoms with van der Waals surface area (Å²) in [6.07, 6.45) is 6.27. The van der Waals surface area contributed by atoms with Gasteiger partial charge in [-0.15, -0.1) is 0 Å². The summed E-state index contributed by atoms with van der Waals surface area (Å²) in [6, 6.07) is 10.2. The maximum absolute atomic E-state index is 11.2. The van der Waals surface area contributed by atoms with Gasteiger partial charge in [-0.3, -0.25) is 9.69 Å². The van der Waals surface area contributed by atoms with Crippen molar-refractivity contribution in [3.05, 3.63) is 42.0 Å². The first-order chi connectivity index (χ1) is 8.75. The summed E-state index contributed by atoms with van der Waals surface area (Å²) < 4.78 is 0. The van der Waals surface area contributed by atoms with Crippen LogP contribution < -0.4 is 5.73 Å². The van der Waals surface area contributed by atoms with Crippen molar-refractivity contribution in [2.24, 2.45) is 11.7 Å². The normalized spacial score (nSPS) is 21.2. The van der Waals surface area contributed by atoms with Gasteiger partial charge in [0.1, 0.15) is 0 Å². The fourth-order valence-corrected chi connectivity index (χ4v) is 2.36. The number of carbonyl (C=O) groups excluding carboxylic acids is 1. The molecule has 1 fully saturated rings. The summed E-state index contributed by atoms with van der Waals surface area (Å²) in [5.74, 6) is -0.129. The van der Waals surface area contributed by atoms with Crippen LogP contribution in [0.1, 0.15) is 18.4 Å². The van der Waals surface area contributed by atoms with Crippen LogP contribution in [-0.4, -0.2) is 30.4 Å². The summed E-state index contributed by atoms with van der Waals surface area (Å²) in [6.45, 7) is 2.75. The van der Waals surface area contributed by atoms with Gasteiger partial charge in [0.15, 0.2) is 0 Å². The lowest BCUT2D eigenvalue weighted by Crippen LogP contribution is -2.41. The molecule has 1 saturated heterocycles. The first-order valence-corrected chi connectivity index (χ1v) is 6.49. The molecule has 0 aliphatic carbocycles. The summed E-state index contributed by atoms with van der Waals surface area (Å²) in [5.41, 5.74) is 6.57. The molecule has 1 aromatic rings. The molecule has 3 heteroatoms. The minimum absolute atomic E-state index is 0.0314. The molecule has 0 bridgehead atoms. The predicted molar refractivity (Wildman–Crippen MR) is 73.8 cm³/mol. The molecule has 0 unspecified atom stereocenters. The molecule has 1 aliphatic heterocycles. The third-order valence-corrected chi connectivity index (χ3v) is 3.38. The Bertz CT molecular complexity index is 414. The lowest BCUT2D eigenvalue weighted by Gasteiger charge is -2.30. The number of likely N-dealkylation sites (tertiary alicyclic amines) is 1. The molecule has 0 spiro atoms. The minimum Gasteiger partial charge on any atom is -0.369 e. The van der Waals surface area contributed by atoms with Crippen molar-refractivity contribution in [3.63, 3.8) is 0 Å². The van der Waals surface area contributed by atoms with E-state index < -0.39 is 0 Å². The molecule has 1 aliphatic rings. The Hall–Kier alpha value is -1.61. The second-order valence-corrected chi connectivity index (χ2v) is 4.81. The van der Waals surface area contributed by atoms with E-state index >= 15 is 0 Å². The molecular weight excluding hydrogens is 224 g/mol. The Morgan fingerprint density at radius 2 is 2.17 bits per heavy atom. The van der Waals surface area contributed by atoms with E-state index in [2.05, 4.69) is 29.2 Å². The Morgan fingerprint density at radius 3 is 2.89 bits per heavy atom. The molecule has 2 N–H and O–H groups in total. The number of carbonyl (C=O) groups is 1. The SMILES string of the molecule is NC(=O)[C@H]1CCCN(CC=Cc2ccccc2)C1. The molecule has 1 aromatic carbocycles.